The van der Waals surface area contributed by atoms with E-state index in [4.69, 9.17) is 0 Å². The van der Waals surface area contributed by atoms with Crippen molar-refractivity contribution in [3.8, 4) is 11.4 Å². The summed E-state index contributed by atoms with van der Waals surface area (Å²) in [6.45, 7) is 5.78. The van der Waals surface area contributed by atoms with E-state index >= 15 is 0 Å². The molecule has 1 fully saturated rings. The number of hydrogen-bond acceptors (Lipinski definition) is 4. The molecule has 0 spiro atoms. The Balaban J connectivity index is 1.30. The summed E-state index contributed by atoms with van der Waals surface area (Å²) in [5, 5.41) is 2.66. The molecule has 0 aliphatic carbocycles. The molecule has 7 nitrogen and oxygen atoms in total. The standard InChI is InChI=1S/C25H27F3N6O/c1-17(25(26,27)28)5-6-18(2)30-24(35)34-12-10-33(11-13-34)16-19-7-8-21-22(14-19)32-23(31-21)20-4-3-9-29-15-20/h3-9,14-15H,10-13,16H2,1-2H3,(H,30,35)(H,31,32)/b17-5+,18-6+. The van der Waals surface area contributed by atoms with Gasteiger partial charge < -0.3 is 15.2 Å². The molecule has 2 aromatic heterocycles. The zero-order valence-corrected chi connectivity index (χ0v) is 19.6. The highest BCUT2D eigenvalue weighted by molar-refractivity contribution is 5.80. The van der Waals surface area contributed by atoms with Crippen molar-refractivity contribution in [2.24, 2.45) is 0 Å². The number of fused-ring (bicyclic) bond motifs is 1. The first-order valence-electron chi connectivity index (χ1n) is 11.3. The molecule has 0 saturated carbocycles. The van der Waals surface area contributed by atoms with Gasteiger partial charge in [0.05, 0.1) is 11.0 Å². The lowest BCUT2D eigenvalue weighted by atomic mass is 10.1. The molecule has 1 aliphatic heterocycles. The summed E-state index contributed by atoms with van der Waals surface area (Å²) in [6, 6.07) is 9.66. The van der Waals surface area contributed by atoms with Crippen molar-refractivity contribution < 1.29 is 18.0 Å². The lowest BCUT2D eigenvalue weighted by Crippen LogP contribution is -2.51. The average molecular weight is 485 g/mol. The number of H-pyrrole nitrogens is 1. The summed E-state index contributed by atoms with van der Waals surface area (Å²) in [5.41, 5.74) is 3.55. The Bertz CT molecular complexity index is 1240. The Morgan fingerprint density at radius 1 is 1.14 bits per heavy atom. The van der Waals surface area contributed by atoms with E-state index < -0.39 is 11.7 Å². The van der Waals surface area contributed by atoms with Crippen LogP contribution in [0.5, 0.6) is 0 Å². The van der Waals surface area contributed by atoms with Gasteiger partial charge in [-0.15, -0.1) is 0 Å². The minimum Gasteiger partial charge on any atom is -0.338 e. The van der Waals surface area contributed by atoms with Gasteiger partial charge in [-0.3, -0.25) is 9.88 Å². The number of alkyl halides is 3. The van der Waals surface area contributed by atoms with Gasteiger partial charge >= 0.3 is 12.2 Å². The third kappa shape index (κ3) is 6.27. The topological polar surface area (TPSA) is 77.2 Å². The molecule has 0 radical (unpaired) electrons. The number of allylic oxidation sites excluding steroid dienone is 4. The summed E-state index contributed by atoms with van der Waals surface area (Å²) in [7, 11) is 0. The SMILES string of the molecule is C/C(=C\C=C(/C)C(F)(F)F)NC(=O)N1CCN(Cc2ccc3nc(-c4cccnc4)[nH]c3c2)CC1. The lowest BCUT2D eigenvalue weighted by Gasteiger charge is -2.34. The summed E-state index contributed by atoms with van der Waals surface area (Å²) in [6.07, 6.45) is 1.35. The number of benzene rings is 1. The summed E-state index contributed by atoms with van der Waals surface area (Å²) >= 11 is 0. The first-order valence-corrected chi connectivity index (χ1v) is 11.3. The van der Waals surface area contributed by atoms with Gasteiger partial charge in [0.1, 0.15) is 5.82 Å². The van der Waals surface area contributed by atoms with Gasteiger partial charge in [-0.2, -0.15) is 13.2 Å². The van der Waals surface area contributed by atoms with E-state index in [2.05, 4.69) is 37.3 Å². The third-order valence-corrected chi connectivity index (χ3v) is 5.88. The van der Waals surface area contributed by atoms with E-state index in [9.17, 15) is 18.0 Å². The van der Waals surface area contributed by atoms with Crippen LogP contribution in [0.3, 0.4) is 0 Å². The summed E-state index contributed by atoms with van der Waals surface area (Å²) in [5.74, 6) is 0.776. The molecule has 1 saturated heterocycles. The van der Waals surface area contributed by atoms with Gasteiger partial charge in [0.25, 0.3) is 0 Å². The molecular formula is C25H27F3N6O. The number of nitrogens with zero attached hydrogens (tertiary/aromatic N) is 4. The fourth-order valence-corrected chi connectivity index (χ4v) is 3.80. The van der Waals surface area contributed by atoms with E-state index in [1.807, 2.05) is 18.2 Å². The van der Waals surface area contributed by atoms with Gasteiger partial charge in [-0.05, 0) is 49.8 Å². The molecule has 0 atom stereocenters. The highest BCUT2D eigenvalue weighted by atomic mass is 19.4. The van der Waals surface area contributed by atoms with Crippen molar-refractivity contribution in [2.45, 2.75) is 26.6 Å². The quantitative estimate of drug-likeness (QED) is 0.507. The molecule has 0 unspecified atom stereocenters. The van der Waals surface area contributed by atoms with Crippen molar-refractivity contribution in [1.82, 2.24) is 30.1 Å². The van der Waals surface area contributed by atoms with Crippen LogP contribution in [0.4, 0.5) is 18.0 Å². The highest BCUT2D eigenvalue weighted by Gasteiger charge is 2.29. The van der Waals surface area contributed by atoms with Crippen LogP contribution in [0.15, 0.2) is 66.1 Å². The number of imidazole rings is 1. The monoisotopic (exact) mass is 484 g/mol. The van der Waals surface area contributed by atoms with Crippen LogP contribution in [0, 0.1) is 0 Å². The number of carbonyl (C=O) groups excluding carboxylic acids is 1. The number of pyridine rings is 1. The predicted molar refractivity (Wildman–Crippen MR) is 128 cm³/mol. The maximum absolute atomic E-state index is 12.6. The Morgan fingerprint density at radius 2 is 1.91 bits per heavy atom. The second-order valence-electron chi connectivity index (χ2n) is 8.57. The fourth-order valence-electron chi connectivity index (χ4n) is 3.80. The predicted octanol–water partition coefficient (Wildman–Crippen LogP) is 4.86. The Labute approximate surface area is 201 Å². The number of nitrogens with one attached hydrogen (secondary N) is 2. The van der Waals surface area contributed by atoms with Gasteiger partial charge in [0.2, 0.25) is 0 Å². The number of amides is 2. The maximum atomic E-state index is 12.6. The van der Waals surface area contributed by atoms with Gasteiger partial charge in [-0.1, -0.05) is 12.1 Å². The Morgan fingerprint density at radius 3 is 2.60 bits per heavy atom. The van der Waals surface area contributed by atoms with Crippen LogP contribution in [0.25, 0.3) is 22.4 Å². The Kier molecular flexibility index (Phi) is 7.20. The molecule has 184 valence electrons. The van der Waals surface area contributed by atoms with Crippen LogP contribution in [0.2, 0.25) is 0 Å². The van der Waals surface area contributed by atoms with Crippen molar-refractivity contribution >= 4 is 17.1 Å². The van der Waals surface area contributed by atoms with Gasteiger partial charge in [0, 0.05) is 62.0 Å². The van der Waals surface area contributed by atoms with Crippen molar-refractivity contribution in [2.75, 3.05) is 26.2 Å². The second-order valence-corrected chi connectivity index (χ2v) is 8.57. The first-order chi connectivity index (χ1) is 16.7. The molecule has 2 N–H and O–H groups in total. The summed E-state index contributed by atoms with van der Waals surface area (Å²) < 4.78 is 37.8. The number of halogens is 3. The zero-order chi connectivity index (χ0) is 25.0. The number of piperazine rings is 1. The maximum Gasteiger partial charge on any atom is 0.412 e. The normalized spacial score (nSPS) is 16.1. The zero-order valence-electron chi connectivity index (χ0n) is 19.6. The molecule has 35 heavy (non-hydrogen) atoms. The van der Waals surface area contributed by atoms with E-state index in [0.29, 0.717) is 31.9 Å². The van der Waals surface area contributed by atoms with Crippen molar-refractivity contribution in [3.05, 3.63) is 71.7 Å². The molecule has 4 rings (SSSR count). The number of urea groups is 1. The molecule has 2 amide bonds. The van der Waals surface area contributed by atoms with E-state index in [0.717, 1.165) is 47.5 Å². The molecule has 3 aromatic rings. The molecule has 10 heteroatoms. The minimum atomic E-state index is -4.37. The summed E-state index contributed by atoms with van der Waals surface area (Å²) in [4.78, 5) is 28.5. The molecule has 1 aliphatic rings. The van der Waals surface area contributed by atoms with Gasteiger partial charge in [0.15, 0.2) is 0 Å². The average Bonchev–Trinajstić information content (AvgIpc) is 3.26. The van der Waals surface area contributed by atoms with Crippen LogP contribution in [-0.2, 0) is 6.54 Å². The largest absolute Gasteiger partial charge is 0.412 e. The van der Waals surface area contributed by atoms with E-state index in [1.165, 1.54) is 6.08 Å². The number of aromatic amines is 1. The third-order valence-electron chi connectivity index (χ3n) is 5.88. The van der Waals surface area contributed by atoms with Crippen LogP contribution < -0.4 is 5.32 Å². The second kappa shape index (κ2) is 10.3. The smallest absolute Gasteiger partial charge is 0.338 e. The number of hydrogen-bond donors (Lipinski definition) is 2. The van der Waals surface area contributed by atoms with Gasteiger partial charge in [-0.25, -0.2) is 9.78 Å². The number of carbonyl (C=O) groups is 1. The molecular weight excluding hydrogens is 457 g/mol. The number of aromatic nitrogens is 3. The highest BCUT2D eigenvalue weighted by Crippen LogP contribution is 2.25. The molecule has 3 heterocycles. The minimum absolute atomic E-state index is 0.307. The van der Waals surface area contributed by atoms with Crippen LogP contribution >= 0.6 is 0 Å². The van der Waals surface area contributed by atoms with E-state index in [1.54, 1.807) is 24.2 Å². The lowest BCUT2D eigenvalue weighted by molar-refractivity contribution is -0.0913. The van der Waals surface area contributed by atoms with Crippen molar-refractivity contribution in [3.63, 3.8) is 0 Å². The first kappa shape index (κ1) is 24.5. The number of rotatable bonds is 5. The fraction of sp³-hybridized carbons (Fsp3) is 0.320. The van der Waals surface area contributed by atoms with Crippen molar-refractivity contribution in [1.29, 1.82) is 0 Å². The Hall–Kier alpha value is -3.66. The molecule has 1 aromatic carbocycles. The van der Waals surface area contributed by atoms with Crippen LogP contribution in [0.1, 0.15) is 19.4 Å². The van der Waals surface area contributed by atoms with E-state index in [-0.39, 0.29) is 6.03 Å². The van der Waals surface area contributed by atoms with Crippen LogP contribution in [-0.4, -0.2) is 63.1 Å². The molecule has 0 bridgehead atoms.